The van der Waals surface area contributed by atoms with Gasteiger partial charge >= 0.3 is 5.97 Å². The van der Waals surface area contributed by atoms with Gasteiger partial charge in [0.05, 0.1) is 45.0 Å². The molecule has 2 rings (SSSR count). The van der Waals surface area contributed by atoms with E-state index in [9.17, 15) is 13.2 Å². The molecule has 9 nitrogen and oxygen atoms in total. The number of benzene rings is 1. The molecule has 1 fully saturated rings. The molecule has 0 N–H and O–H groups in total. The normalized spacial score (nSPS) is 26.2. The average Bonchev–Trinajstić information content (AvgIpc) is 3.03. The first-order chi connectivity index (χ1) is 12.9. The van der Waals surface area contributed by atoms with E-state index < -0.39 is 32.9 Å². The quantitative estimate of drug-likeness (QED) is 0.424. The number of hydroxylamine groups is 2. The lowest BCUT2D eigenvalue weighted by molar-refractivity contribution is -0.276. The van der Waals surface area contributed by atoms with E-state index in [1.807, 2.05) is 0 Å². The van der Waals surface area contributed by atoms with Crippen molar-refractivity contribution in [3.05, 3.63) is 30.3 Å². The van der Waals surface area contributed by atoms with Crippen LogP contribution in [0.15, 0.2) is 35.2 Å². The number of ether oxygens (including phenoxy) is 4. The number of sulfone groups is 1. The van der Waals surface area contributed by atoms with Crippen LogP contribution in [0.5, 0.6) is 0 Å². The summed E-state index contributed by atoms with van der Waals surface area (Å²) in [6.07, 6.45) is -0.892. The van der Waals surface area contributed by atoms with E-state index >= 15 is 0 Å². The molecular formula is C17H25NO8S. The van der Waals surface area contributed by atoms with E-state index in [2.05, 4.69) is 0 Å². The zero-order valence-electron chi connectivity index (χ0n) is 15.8. The van der Waals surface area contributed by atoms with Crippen LogP contribution in [0, 0.1) is 0 Å². The lowest BCUT2D eigenvalue weighted by Gasteiger charge is -2.37. The number of hydrogen-bond acceptors (Lipinski definition) is 9. The Bertz CT molecular complexity index is 726. The zero-order valence-corrected chi connectivity index (χ0v) is 16.6. The highest BCUT2D eigenvalue weighted by atomic mass is 32.2. The van der Waals surface area contributed by atoms with Crippen molar-refractivity contribution < 1.29 is 37.0 Å². The van der Waals surface area contributed by atoms with E-state index in [1.165, 1.54) is 33.5 Å². The van der Waals surface area contributed by atoms with Gasteiger partial charge in [-0.1, -0.05) is 18.2 Å². The molecule has 1 heterocycles. The molecule has 0 amide bonds. The van der Waals surface area contributed by atoms with Crippen LogP contribution in [-0.4, -0.2) is 84.7 Å². The minimum Gasteiger partial charge on any atom is -0.466 e. The third-order valence-electron chi connectivity index (χ3n) is 4.46. The number of carbonyl (C=O) groups excluding carboxylic acids is 1. The molecule has 27 heavy (non-hydrogen) atoms. The Kier molecular flexibility index (Phi) is 7.32. The van der Waals surface area contributed by atoms with Crippen molar-refractivity contribution in [3.8, 4) is 0 Å². The van der Waals surface area contributed by atoms with Gasteiger partial charge in [-0.05, 0) is 12.1 Å². The van der Waals surface area contributed by atoms with Crippen LogP contribution in [0.3, 0.4) is 0 Å². The van der Waals surface area contributed by atoms with Crippen LogP contribution in [0.2, 0.25) is 0 Å². The van der Waals surface area contributed by atoms with Crippen LogP contribution in [-0.2, 0) is 38.4 Å². The molecule has 3 atom stereocenters. The minimum absolute atomic E-state index is 0.00812. The summed E-state index contributed by atoms with van der Waals surface area (Å²) >= 11 is 0. The largest absolute Gasteiger partial charge is 0.466 e. The molecule has 152 valence electrons. The van der Waals surface area contributed by atoms with Gasteiger partial charge in [0.2, 0.25) is 0 Å². The Hall–Kier alpha value is -1.56. The second-order valence-electron chi connectivity index (χ2n) is 5.83. The van der Waals surface area contributed by atoms with Crippen LogP contribution >= 0.6 is 0 Å². The minimum atomic E-state index is -4.06. The van der Waals surface area contributed by atoms with Gasteiger partial charge in [-0.2, -0.15) is 0 Å². The highest BCUT2D eigenvalue weighted by molar-refractivity contribution is 7.92. The number of nitrogens with zero attached hydrogens (tertiary/aromatic N) is 1. The van der Waals surface area contributed by atoms with Crippen LogP contribution < -0.4 is 0 Å². The topological polar surface area (TPSA) is 101 Å². The maximum Gasteiger partial charge on any atom is 0.357 e. The van der Waals surface area contributed by atoms with E-state index in [0.717, 1.165) is 12.2 Å². The second-order valence-corrected chi connectivity index (χ2v) is 7.90. The Labute approximate surface area is 159 Å². The lowest BCUT2D eigenvalue weighted by atomic mass is 10.1. The fourth-order valence-corrected chi connectivity index (χ4v) is 5.35. The van der Waals surface area contributed by atoms with Crippen molar-refractivity contribution in [1.82, 2.24) is 5.06 Å². The Morgan fingerprint density at radius 2 is 1.81 bits per heavy atom. The predicted octanol–water partition coefficient (Wildman–Crippen LogP) is 0.253. The number of methoxy groups -OCH3 is 3. The molecule has 0 aliphatic carbocycles. The third kappa shape index (κ3) is 3.86. The summed E-state index contributed by atoms with van der Waals surface area (Å²) in [7, 11) is 1.26. The van der Waals surface area contributed by atoms with E-state index in [-0.39, 0.29) is 24.7 Å². The van der Waals surface area contributed by atoms with Crippen molar-refractivity contribution in [2.45, 2.75) is 22.0 Å². The van der Waals surface area contributed by atoms with Crippen molar-refractivity contribution >= 4 is 15.8 Å². The molecule has 0 saturated carbocycles. The Morgan fingerprint density at radius 1 is 1.15 bits per heavy atom. The van der Waals surface area contributed by atoms with Crippen LogP contribution in [0.25, 0.3) is 0 Å². The first-order valence-electron chi connectivity index (χ1n) is 8.24. The predicted molar refractivity (Wildman–Crippen MR) is 94.5 cm³/mol. The third-order valence-corrected chi connectivity index (χ3v) is 6.68. The summed E-state index contributed by atoms with van der Waals surface area (Å²) in [6, 6.07) is 7.81. The molecule has 0 radical (unpaired) electrons. The highest BCUT2D eigenvalue weighted by Gasteiger charge is 2.67. The second kappa shape index (κ2) is 9.09. The standard InChI is InChI=1S/C17H25NO8S/c1-22-10-11-26-17(16(19)24-3)15(14(23-2)12-18(17)25-4)27(20,21)13-8-6-5-7-9-13/h5-9,14-15H,10-12H2,1-4H3/t14-,15?,17+/m1/s1. The average molecular weight is 403 g/mol. The first-order valence-corrected chi connectivity index (χ1v) is 9.79. The highest BCUT2D eigenvalue weighted by Crippen LogP contribution is 2.40. The van der Waals surface area contributed by atoms with Crippen molar-refractivity contribution in [2.24, 2.45) is 0 Å². The number of hydrogen-bond donors (Lipinski definition) is 0. The molecule has 1 aromatic carbocycles. The first kappa shape index (κ1) is 21.7. The maximum absolute atomic E-state index is 13.5. The fourth-order valence-electron chi connectivity index (χ4n) is 3.22. The van der Waals surface area contributed by atoms with Gasteiger partial charge < -0.3 is 18.9 Å². The van der Waals surface area contributed by atoms with Gasteiger partial charge in [0.1, 0.15) is 5.25 Å². The van der Waals surface area contributed by atoms with Crippen molar-refractivity contribution in [2.75, 3.05) is 48.2 Å². The van der Waals surface area contributed by atoms with Gasteiger partial charge in [0, 0.05) is 14.2 Å². The van der Waals surface area contributed by atoms with E-state index in [1.54, 1.807) is 18.2 Å². The monoisotopic (exact) mass is 403 g/mol. The van der Waals surface area contributed by atoms with Crippen molar-refractivity contribution in [1.29, 1.82) is 0 Å². The maximum atomic E-state index is 13.5. The molecule has 1 aliphatic rings. The smallest absolute Gasteiger partial charge is 0.357 e. The molecule has 1 saturated heterocycles. The van der Waals surface area contributed by atoms with Gasteiger partial charge in [0.25, 0.3) is 5.72 Å². The van der Waals surface area contributed by atoms with Gasteiger partial charge in [-0.15, -0.1) is 5.06 Å². The summed E-state index contributed by atoms with van der Waals surface area (Å²) in [5.41, 5.74) is -2.04. The Morgan fingerprint density at radius 3 is 2.33 bits per heavy atom. The van der Waals surface area contributed by atoms with E-state index in [0.29, 0.717) is 0 Å². The van der Waals surface area contributed by atoms with Crippen molar-refractivity contribution in [3.63, 3.8) is 0 Å². The summed E-state index contributed by atoms with van der Waals surface area (Å²) in [4.78, 5) is 18.2. The number of esters is 1. The SMILES string of the molecule is COCCO[C@]1(C(=O)OC)C(S(=O)(=O)c2ccccc2)[C@H](OC)CN1OC. The molecular weight excluding hydrogens is 378 g/mol. The summed E-state index contributed by atoms with van der Waals surface area (Å²) in [5, 5.41) is -0.268. The van der Waals surface area contributed by atoms with Gasteiger partial charge in [0.15, 0.2) is 9.84 Å². The van der Waals surface area contributed by atoms with Gasteiger partial charge in [-0.25, -0.2) is 13.2 Å². The molecule has 0 spiro atoms. The molecule has 0 bridgehead atoms. The zero-order chi connectivity index (χ0) is 20.1. The summed E-state index contributed by atoms with van der Waals surface area (Å²) < 4.78 is 48.0. The summed E-state index contributed by atoms with van der Waals surface area (Å²) in [6.45, 7) is 0.0839. The molecule has 1 unspecified atom stereocenters. The van der Waals surface area contributed by atoms with Gasteiger partial charge in [-0.3, -0.25) is 4.84 Å². The molecule has 10 heteroatoms. The number of carbonyl (C=O) groups is 1. The lowest BCUT2D eigenvalue weighted by Crippen LogP contribution is -2.62. The van der Waals surface area contributed by atoms with Crippen LogP contribution in [0.1, 0.15) is 0 Å². The molecule has 1 aliphatic heterocycles. The molecule has 1 aromatic rings. The van der Waals surface area contributed by atoms with Crippen LogP contribution in [0.4, 0.5) is 0 Å². The summed E-state index contributed by atoms with van der Waals surface area (Å²) in [5.74, 6) is -0.899. The molecule has 0 aromatic heterocycles. The fraction of sp³-hybridized carbons (Fsp3) is 0.588. The van der Waals surface area contributed by atoms with E-state index in [4.69, 9.17) is 23.8 Å². The Balaban J connectivity index is 2.64. The number of rotatable bonds is 9.